The van der Waals surface area contributed by atoms with Gasteiger partial charge in [-0.2, -0.15) is 0 Å². The van der Waals surface area contributed by atoms with Gasteiger partial charge in [-0.1, -0.05) is 18.2 Å². The topological polar surface area (TPSA) is 93.9 Å². The first-order valence-electron chi connectivity index (χ1n) is 8.77. The maximum Gasteiger partial charge on any atom is 0.270 e. The van der Waals surface area contributed by atoms with Crippen LogP contribution in [0.1, 0.15) is 22.0 Å². The molecular formula is C19H19N3O5. The molecule has 140 valence electrons. The SMILES string of the molecule is O=C(N[C@@H]1COc2ccccc21)c1cc([N+](=O)[O-])ccc1N1CCOCC1. The van der Waals surface area contributed by atoms with Crippen molar-refractivity contribution in [1.29, 1.82) is 0 Å². The first kappa shape index (κ1) is 17.3. The van der Waals surface area contributed by atoms with Crippen LogP contribution in [-0.4, -0.2) is 43.7 Å². The Balaban J connectivity index is 1.63. The normalized spacial score (nSPS) is 18.5. The van der Waals surface area contributed by atoms with Crippen LogP contribution in [0.3, 0.4) is 0 Å². The molecule has 1 atom stereocenters. The predicted molar refractivity (Wildman–Crippen MR) is 98.3 cm³/mol. The number of morpholine rings is 1. The molecule has 0 saturated carbocycles. The van der Waals surface area contributed by atoms with Crippen molar-refractivity contribution in [2.75, 3.05) is 37.8 Å². The fourth-order valence-electron chi connectivity index (χ4n) is 3.42. The van der Waals surface area contributed by atoms with E-state index in [1.165, 1.54) is 12.1 Å². The Hall–Kier alpha value is -3.13. The number of amides is 1. The summed E-state index contributed by atoms with van der Waals surface area (Å²) in [5.41, 5.74) is 1.76. The van der Waals surface area contributed by atoms with E-state index in [0.717, 1.165) is 11.3 Å². The van der Waals surface area contributed by atoms with Crippen LogP contribution in [0.25, 0.3) is 0 Å². The van der Waals surface area contributed by atoms with Crippen molar-refractivity contribution >= 4 is 17.3 Å². The third-order valence-corrected chi connectivity index (χ3v) is 4.79. The predicted octanol–water partition coefficient (Wildman–Crippen LogP) is 2.29. The molecule has 2 aromatic carbocycles. The number of nitrogens with zero attached hydrogens (tertiary/aromatic N) is 2. The standard InChI is InChI=1S/C19H19N3O5/c23-19(20-16-12-27-18-4-2-1-3-14(16)18)15-11-13(22(24)25)5-6-17(15)21-7-9-26-10-8-21/h1-6,11,16H,7-10,12H2,(H,20,23)/t16-/m1/s1. The highest BCUT2D eigenvalue weighted by Gasteiger charge is 2.28. The largest absolute Gasteiger partial charge is 0.491 e. The smallest absolute Gasteiger partial charge is 0.270 e. The van der Waals surface area contributed by atoms with Crippen LogP contribution in [0.5, 0.6) is 5.75 Å². The average Bonchev–Trinajstić information content (AvgIpc) is 3.11. The minimum absolute atomic E-state index is 0.111. The number of carbonyl (C=O) groups is 1. The van der Waals surface area contributed by atoms with Crippen molar-refractivity contribution in [3.05, 3.63) is 63.7 Å². The number of rotatable bonds is 4. The summed E-state index contributed by atoms with van der Waals surface area (Å²) in [6.07, 6.45) is 0. The van der Waals surface area contributed by atoms with Crippen LogP contribution in [0, 0.1) is 10.1 Å². The molecule has 1 amide bonds. The first-order valence-corrected chi connectivity index (χ1v) is 8.77. The number of para-hydroxylation sites is 1. The van der Waals surface area contributed by atoms with Gasteiger partial charge in [0.1, 0.15) is 12.4 Å². The minimum Gasteiger partial charge on any atom is -0.491 e. The number of nitro benzene ring substituents is 1. The summed E-state index contributed by atoms with van der Waals surface area (Å²) < 4.78 is 11.0. The van der Waals surface area contributed by atoms with Crippen LogP contribution >= 0.6 is 0 Å². The summed E-state index contributed by atoms with van der Waals surface area (Å²) in [5.74, 6) is 0.390. The van der Waals surface area contributed by atoms with Crippen molar-refractivity contribution in [3.8, 4) is 5.75 Å². The molecule has 1 fully saturated rings. The fourth-order valence-corrected chi connectivity index (χ4v) is 3.42. The average molecular weight is 369 g/mol. The maximum atomic E-state index is 13.0. The second-order valence-corrected chi connectivity index (χ2v) is 6.43. The van der Waals surface area contributed by atoms with Crippen LogP contribution in [0.2, 0.25) is 0 Å². The highest BCUT2D eigenvalue weighted by Crippen LogP contribution is 2.33. The Kier molecular flexibility index (Phi) is 4.64. The van der Waals surface area contributed by atoms with Gasteiger partial charge < -0.3 is 19.7 Å². The molecule has 0 aliphatic carbocycles. The second kappa shape index (κ2) is 7.24. The summed E-state index contributed by atoms with van der Waals surface area (Å²) in [4.78, 5) is 25.7. The van der Waals surface area contributed by atoms with Crippen molar-refractivity contribution in [2.24, 2.45) is 0 Å². The van der Waals surface area contributed by atoms with Gasteiger partial charge in [0.2, 0.25) is 0 Å². The zero-order valence-electron chi connectivity index (χ0n) is 14.6. The highest BCUT2D eigenvalue weighted by atomic mass is 16.6. The van der Waals surface area contributed by atoms with Gasteiger partial charge in [0.05, 0.1) is 35.4 Å². The van der Waals surface area contributed by atoms with E-state index in [2.05, 4.69) is 5.32 Å². The molecule has 2 aliphatic heterocycles. The summed E-state index contributed by atoms with van der Waals surface area (Å²) >= 11 is 0. The molecular weight excluding hydrogens is 350 g/mol. The molecule has 1 saturated heterocycles. The molecule has 8 heteroatoms. The molecule has 2 aromatic rings. The van der Waals surface area contributed by atoms with E-state index in [1.807, 2.05) is 29.2 Å². The van der Waals surface area contributed by atoms with Crippen molar-refractivity contribution in [3.63, 3.8) is 0 Å². The van der Waals surface area contributed by atoms with E-state index in [4.69, 9.17) is 9.47 Å². The van der Waals surface area contributed by atoms with E-state index in [0.29, 0.717) is 38.6 Å². The number of hydrogen-bond acceptors (Lipinski definition) is 6. The van der Waals surface area contributed by atoms with Gasteiger partial charge in [0, 0.05) is 30.8 Å². The number of carbonyl (C=O) groups excluding carboxylic acids is 1. The number of nitro groups is 1. The van der Waals surface area contributed by atoms with E-state index in [9.17, 15) is 14.9 Å². The lowest BCUT2D eigenvalue weighted by molar-refractivity contribution is -0.384. The van der Waals surface area contributed by atoms with Gasteiger partial charge in [-0.3, -0.25) is 14.9 Å². The number of benzene rings is 2. The van der Waals surface area contributed by atoms with Gasteiger partial charge in [0.15, 0.2) is 0 Å². The van der Waals surface area contributed by atoms with E-state index in [1.54, 1.807) is 6.07 Å². The lowest BCUT2D eigenvalue weighted by Crippen LogP contribution is -2.38. The van der Waals surface area contributed by atoms with Gasteiger partial charge >= 0.3 is 0 Å². The number of anilines is 1. The molecule has 0 spiro atoms. The van der Waals surface area contributed by atoms with Crippen LogP contribution in [0.4, 0.5) is 11.4 Å². The molecule has 0 aromatic heterocycles. The van der Waals surface area contributed by atoms with E-state index < -0.39 is 4.92 Å². The highest BCUT2D eigenvalue weighted by molar-refractivity contribution is 6.00. The first-order chi connectivity index (χ1) is 13.1. The Morgan fingerprint density at radius 1 is 1.19 bits per heavy atom. The van der Waals surface area contributed by atoms with E-state index in [-0.39, 0.29) is 23.2 Å². The zero-order valence-corrected chi connectivity index (χ0v) is 14.6. The number of ether oxygens (including phenoxy) is 2. The lowest BCUT2D eigenvalue weighted by Gasteiger charge is -2.30. The van der Waals surface area contributed by atoms with Gasteiger partial charge in [-0.15, -0.1) is 0 Å². The lowest BCUT2D eigenvalue weighted by atomic mass is 10.1. The van der Waals surface area contributed by atoms with Gasteiger partial charge in [-0.25, -0.2) is 0 Å². The number of nitrogens with one attached hydrogen (secondary N) is 1. The zero-order chi connectivity index (χ0) is 18.8. The summed E-state index contributed by atoms with van der Waals surface area (Å²) in [6, 6.07) is 11.6. The Labute approximate surface area is 155 Å². The number of non-ortho nitro benzene ring substituents is 1. The third-order valence-electron chi connectivity index (χ3n) is 4.79. The molecule has 4 rings (SSSR count). The molecule has 0 radical (unpaired) electrons. The van der Waals surface area contributed by atoms with E-state index >= 15 is 0 Å². The summed E-state index contributed by atoms with van der Waals surface area (Å²) in [7, 11) is 0. The molecule has 2 aliphatic rings. The summed E-state index contributed by atoms with van der Waals surface area (Å²) in [5, 5.41) is 14.1. The second-order valence-electron chi connectivity index (χ2n) is 6.43. The molecule has 2 heterocycles. The number of hydrogen-bond donors (Lipinski definition) is 1. The van der Waals surface area contributed by atoms with Gasteiger partial charge in [-0.05, 0) is 12.1 Å². The van der Waals surface area contributed by atoms with Crippen LogP contribution in [-0.2, 0) is 4.74 Å². The third kappa shape index (κ3) is 3.43. The Morgan fingerprint density at radius 3 is 2.74 bits per heavy atom. The molecule has 8 nitrogen and oxygen atoms in total. The minimum atomic E-state index is -0.492. The van der Waals surface area contributed by atoms with Gasteiger partial charge in [0.25, 0.3) is 11.6 Å². The Bertz CT molecular complexity index is 879. The monoisotopic (exact) mass is 369 g/mol. The Morgan fingerprint density at radius 2 is 1.96 bits per heavy atom. The van der Waals surface area contributed by atoms with Crippen LogP contribution in [0.15, 0.2) is 42.5 Å². The van der Waals surface area contributed by atoms with Crippen molar-refractivity contribution < 1.29 is 19.2 Å². The fraction of sp³-hybridized carbons (Fsp3) is 0.316. The maximum absolute atomic E-state index is 13.0. The number of fused-ring (bicyclic) bond motifs is 1. The molecule has 0 unspecified atom stereocenters. The molecule has 1 N–H and O–H groups in total. The van der Waals surface area contributed by atoms with Crippen LogP contribution < -0.4 is 15.0 Å². The summed E-state index contributed by atoms with van der Waals surface area (Å²) in [6.45, 7) is 2.72. The quantitative estimate of drug-likeness (QED) is 0.656. The van der Waals surface area contributed by atoms with Crippen molar-refractivity contribution in [2.45, 2.75) is 6.04 Å². The van der Waals surface area contributed by atoms with Crippen molar-refractivity contribution in [1.82, 2.24) is 5.32 Å². The molecule has 0 bridgehead atoms. The molecule has 27 heavy (non-hydrogen) atoms.